The molecular weight excluding hydrogens is 483 g/mol. The van der Waals surface area contributed by atoms with E-state index in [1.54, 1.807) is 14.2 Å². The minimum atomic E-state index is 0. The van der Waals surface area contributed by atoms with Gasteiger partial charge < -0.3 is 24.6 Å². The standard InChI is InChI=1S/C21H32N4O3.HI/c1-6-27-20-14-17(9-10-19(20)26-5)8-7-12-23-21(22-4)24-13-11-18-15(2)25-28-16(18)3;/h9-10,14H,6-8,11-13H2,1-5H3,(H2,22,23,24);1H. The van der Waals surface area contributed by atoms with Crippen LogP contribution in [-0.2, 0) is 12.8 Å². The average molecular weight is 516 g/mol. The number of aliphatic imine (C=N–C) groups is 1. The summed E-state index contributed by atoms with van der Waals surface area (Å²) in [6.07, 6.45) is 2.80. The van der Waals surface area contributed by atoms with Crippen molar-refractivity contribution in [1.29, 1.82) is 0 Å². The molecule has 0 bridgehead atoms. The van der Waals surface area contributed by atoms with Gasteiger partial charge >= 0.3 is 0 Å². The zero-order valence-electron chi connectivity index (χ0n) is 18.0. The lowest BCUT2D eigenvalue weighted by atomic mass is 10.1. The van der Waals surface area contributed by atoms with Crippen molar-refractivity contribution in [2.24, 2.45) is 4.99 Å². The second-order valence-corrected chi connectivity index (χ2v) is 6.50. The number of hydrogen-bond acceptors (Lipinski definition) is 5. The van der Waals surface area contributed by atoms with Gasteiger partial charge in [0.2, 0.25) is 0 Å². The summed E-state index contributed by atoms with van der Waals surface area (Å²) < 4.78 is 16.2. The zero-order valence-corrected chi connectivity index (χ0v) is 20.3. The zero-order chi connectivity index (χ0) is 20.4. The number of methoxy groups -OCH3 is 1. The molecule has 0 spiro atoms. The van der Waals surface area contributed by atoms with Gasteiger partial charge in [0.1, 0.15) is 5.76 Å². The predicted octanol–water partition coefficient (Wildman–Crippen LogP) is 3.66. The van der Waals surface area contributed by atoms with Gasteiger partial charge in [-0.3, -0.25) is 4.99 Å². The molecule has 0 atom stereocenters. The number of ether oxygens (including phenoxy) is 2. The maximum absolute atomic E-state index is 5.64. The molecule has 8 heteroatoms. The molecule has 0 aliphatic heterocycles. The van der Waals surface area contributed by atoms with Gasteiger partial charge in [0, 0.05) is 25.7 Å². The molecule has 2 rings (SSSR count). The lowest BCUT2D eigenvalue weighted by Crippen LogP contribution is -2.38. The Morgan fingerprint density at radius 3 is 2.52 bits per heavy atom. The van der Waals surface area contributed by atoms with Crippen molar-refractivity contribution in [3.8, 4) is 11.5 Å². The minimum Gasteiger partial charge on any atom is -0.493 e. The molecule has 1 heterocycles. The molecule has 7 nitrogen and oxygen atoms in total. The van der Waals surface area contributed by atoms with E-state index in [0.29, 0.717) is 6.61 Å². The first-order valence-electron chi connectivity index (χ1n) is 9.75. The van der Waals surface area contributed by atoms with Gasteiger partial charge in [0.25, 0.3) is 0 Å². The molecule has 1 aromatic heterocycles. The van der Waals surface area contributed by atoms with Crippen LogP contribution in [0.5, 0.6) is 11.5 Å². The van der Waals surface area contributed by atoms with E-state index in [-0.39, 0.29) is 24.0 Å². The molecule has 0 amide bonds. The number of nitrogens with zero attached hydrogens (tertiary/aromatic N) is 2. The first kappa shape index (κ1) is 25.1. The van der Waals surface area contributed by atoms with Crippen molar-refractivity contribution in [1.82, 2.24) is 15.8 Å². The molecule has 162 valence electrons. The van der Waals surface area contributed by atoms with Crippen LogP contribution in [0.2, 0.25) is 0 Å². The Morgan fingerprint density at radius 2 is 1.90 bits per heavy atom. The molecule has 0 aliphatic rings. The summed E-state index contributed by atoms with van der Waals surface area (Å²) in [5.74, 6) is 3.25. The Balaban J connectivity index is 0.00000420. The SMILES string of the molecule is CCOc1cc(CCCNC(=NC)NCCc2c(C)noc2C)ccc1OC.I. The van der Waals surface area contributed by atoms with E-state index in [0.717, 1.165) is 66.8 Å². The maximum atomic E-state index is 5.64. The highest BCUT2D eigenvalue weighted by Crippen LogP contribution is 2.28. The Hall–Kier alpha value is -1.97. The van der Waals surface area contributed by atoms with E-state index in [1.807, 2.05) is 26.8 Å². The lowest BCUT2D eigenvalue weighted by molar-refractivity contribution is 0.310. The van der Waals surface area contributed by atoms with Crippen LogP contribution < -0.4 is 20.1 Å². The van der Waals surface area contributed by atoms with Crippen molar-refractivity contribution in [3.05, 3.63) is 40.8 Å². The molecule has 29 heavy (non-hydrogen) atoms. The topological polar surface area (TPSA) is 80.9 Å². The van der Waals surface area contributed by atoms with Crippen molar-refractivity contribution in [2.45, 2.75) is 40.0 Å². The van der Waals surface area contributed by atoms with Crippen molar-refractivity contribution in [2.75, 3.05) is 33.9 Å². The van der Waals surface area contributed by atoms with E-state index in [2.05, 4.69) is 32.9 Å². The minimum absolute atomic E-state index is 0. The molecule has 0 saturated carbocycles. The number of hydrogen-bond donors (Lipinski definition) is 2. The average Bonchev–Trinajstić information content (AvgIpc) is 3.02. The summed E-state index contributed by atoms with van der Waals surface area (Å²) >= 11 is 0. The molecule has 0 aliphatic carbocycles. The van der Waals surface area contributed by atoms with Gasteiger partial charge in [0.15, 0.2) is 17.5 Å². The monoisotopic (exact) mass is 516 g/mol. The van der Waals surface area contributed by atoms with Crippen LogP contribution in [0.25, 0.3) is 0 Å². The van der Waals surface area contributed by atoms with Crippen LogP contribution in [0.1, 0.15) is 35.9 Å². The fourth-order valence-electron chi connectivity index (χ4n) is 3.03. The van der Waals surface area contributed by atoms with Crippen LogP contribution in [0, 0.1) is 13.8 Å². The van der Waals surface area contributed by atoms with E-state index in [9.17, 15) is 0 Å². The first-order valence-corrected chi connectivity index (χ1v) is 9.75. The Labute approximate surface area is 190 Å². The number of nitrogens with one attached hydrogen (secondary N) is 2. The highest BCUT2D eigenvalue weighted by atomic mass is 127. The highest BCUT2D eigenvalue weighted by Gasteiger charge is 2.09. The number of aryl methyl sites for hydroxylation is 3. The van der Waals surface area contributed by atoms with Crippen LogP contribution in [-0.4, -0.2) is 45.0 Å². The molecule has 0 saturated heterocycles. The quantitative estimate of drug-likeness (QED) is 0.217. The highest BCUT2D eigenvalue weighted by molar-refractivity contribution is 14.0. The van der Waals surface area contributed by atoms with Crippen molar-refractivity contribution < 1.29 is 14.0 Å². The van der Waals surface area contributed by atoms with E-state index in [4.69, 9.17) is 14.0 Å². The van der Waals surface area contributed by atoms with Gasteiger partial charge in [-0.05, 0) is 57.7 Å². The van der Waals surface area contributed by atoms with Crippen LogP contribution >= 0.6 is 24.0 Å². The molecule has 0 unspecified atom stereocenters. The number of rotatable bonds is 10. The molecule has 0 fully saturated rings. The smallest absolute Gasteiger partial charge is 0.190 e. The summed E-state index contributed by atoms with van der Waals surface area (Å²) in [5, 5.41) is 10.7. The third-order valence-corrected chi connectivity index (χ3v) is 4.53. The van der Waals surface area contributed by atoms with Gasteiger partial charge in [-0.2, -0.15) is 0 Å². The van der Waals surface area contributed by atoms with Crippen molar-refractivity contribution >= 4 is 29.9 Å². The third kappa shape index (κ3) is 7.75. The van der Waals surface area contributed by atoms with Gasteiger partial charge in [-0.25, -0.2) is 0 Å². The normalized spacial score (nSPS) is 11.0. The number of aromatic nitrogens is 1. The number of guanidine groups is 1. The lowest BCUT2D eigenvalue weighted by Gasteiger charge is -2.13. The van der Waals surface area contributed by atoms with Gasteiger partial charge in [-0.1, -0.05) is 11.2 Å². The Kier molecular flexibility index (Phi) is 11.5. The molecule has 2 N–H and O–H groups in total. The summed E-state index contributed by atoms with van der Waals surface area (Å²) in [7, 11) is 3.44. The molecule has 1 aromatic carbocycles. The predicted molar refractivity (Wildman–Crippen MR) is 127 cm³/mol. The first-order chi connectivity index (χ1) is 13.6. The largest absolute Gasteiger partial charge is 0.493 e. The number of benzene rings is 1. The van der Waals surface area contributed by atoms with E-state index < -0.39 is 0 Å². The fraction of sp³-hybridized carbons (Fsp3) is 0.524. The second-order valence-electron chi connectivity index (χ2n) is 6.50. The van der Waals surface area contributed by atoms with Crippen LogP contribution in [0.15, 0.2) is 27.7 Å². The second kappa shape index (κ2) is 13.3. The van der Waals surface area contributed by atoms with Gasteiger partial charge in [-0.15, -0.1) is 24.0 Å². The fourth-order valence-corrected chi connectivity index (χ4v) is 3.03. The number of halogens is 1. The Morgan fingerprint density at radius 1 is 1.14 bits per heavy atom. The van der Waals surface area contributed by atoms with Crippen LogP contribution in [0.3, 0.4) is 0 Å². The molecule has 2 aromatic rings. The van der Waals surface area contributed by atoms with Crippen molar-refractivity contribution in [3.63, 3.8) is 0 Å². The van der Waals surface area contributed by atoms with Gasteiger partial charge in [0.05, 0.1) is 19.4 Å². The van der Waals surface area contributed by atoms with Crippen LogP contribution in [0.4, 0.5) is 0 Å². The summed E-state index contributed by atoms with van der Waals surface area (Å²) in [6, 6.07) is 6.10. The van der Waals surface area contributed by atoms with E-state index in [1.165, 1.54) is 5.56 Å². The summed E-state index contributed by atoms with van der Waals surface area (Å²) in [4.78, 5) is 4.28. The maximum Gasteiger partial charge on any atom is 0.190 e. The third-order valence-electron chi connectivity index (χ3n) is 4.53. The summed E-state index contributed by atoms with van der Waals surface area (Å²) in [6.45, 7) is 8.12. The Bertz CT molecular complexity index is 758. The van der Waals surface area contributed by atoms with E-state index >= 15 is 0 Å². The molecular formula is C21H33IN4O3. The summed E-state index contributed by atoms with van der Waals surface area (Å²) in [5.41, 5.74) is 3.34. The molecule has 0 radical (unpaired) electrons.